The molecular weight excluding hydrogens is 305 g/mol. The Morgan fingerprint density at radius 1 is 1.09 bits per heavy atom. The number of unbranched alkanes of at least 4 members (excludes halogenated alkanes) is 2. The monoisotopic (exact) mass is 320 g/mol. The molecule has 0 saturated heterocycles. The lowest BCUT2D eigenvalue weighted by molar-refractivity contribution is -0.274. The number of pyridine rings is 1. The highest BCUT2D eigenvalue weighted by molar-refractivity contribution is 5.67. The van der Waals surface area contributed by atoms with Crippen LogP contribution in [0.25, 0.3) is 11.3 Å². The topological polar surface area (TPSA) is 45.9 Å². The van der Waals surface area contributed by atoms with Gasteiger partial charge in [0.2, 0.25) is 0 Å². The second-order valence-corrected chi connectivity index (χ2v) is 4.96. The molecule has 0 aliphatic heterocycles. The quantitative estimate of drug-likeness (QED) is 0.712. The zero-order chi connectivity index (χ0) is 16.7. The second kappa shape index (κ2) is 7.63. The van der Waals surface area contributed by atoms with Crippen LogP contribution in [-0.2, 0) is 6.42 Å². The number of aromatic nitrogens is 1. The number of halogens is 3. The first-order chi connectivity index (χ1) is 11.0. The van der Waals surface area contributed by atoms with Gasteiger partial charge in [0, 0.05) is 18.2 Å². The van der Waals surface area contributed by atoms with Gasteiger partial charge in [-0.05, 0) is 43.0 Å². The highest BCUT2D eigenvalue weighted by Gasteiger charge is 2.32. The van der Waals surface area contributed by atoms with Crippen molar-refractivity contribution in [2.45, 2.75) is 32.0 Å². The standard InChI is InChI=1S/C17H15F3N2O/c18-17(19,20)23-16-8-4-3-7-14(16)15-10-9-13(12-22-15)6-2-1-5-11-21/h3-4,7-10,12H,1-2,5-6H2. The molecule has 0 radical (unpaired) electrons. The Kier molecular flexibility index (Phi) is 5.58. The van der Waals surface area contributed by atoms with E-state index in [0.29, 0.717) is 17.7 Å². The summed E-state index contributed by atoms with van der Waals surface area (Å²) in [7, 11) is 0. The van der Waals surface area contributed by atoms with Crippen molar-refractivity contribution in [3.05, 3.63) is 48.2 Å². The molecule has 23 heavy (non-hydrogen) atoms. The summed E-state index contributed by atoms with van der Waals surface area (Å²) >= 11 is 0. The van der Waals surface area contributed by atoms with E-state index in [9.17, 15) is 13.2 Å². The molecule has 0 fully saturated rings. The Morgan fingerprint density at radius 2 is 1.87 bits per heavy atom. The third-order valence-corrected chi connectivity index (χ3v) is 3.22. The van der Waals surface area contributed by atoms with E-state index in [4.69, 9.17) is 5.26 Å². The van der Waals surface area contributed by atoms with E-state index in [1.54, 1.807) is 18.3 Å². The molecule has 6 heteroatoms. The Morgan fingerprint density at radius 3 is 2.52 bits per heavy atom. The molecule has 2 aromatic rings. The maximum Gasteiger partial charge on any atom is 0.573 e. The number of hydrogen-bond acceptors (Lipinski definition) is 3. The van der Waals surface area contributed by atoms with E-state index in [1.165, 1.54) is 18.2 Å². The van der Waals surface area contributed by atoms with Gasteiger partial charge < -0.3 is 4.74 Å². The molecule has 0 aliphatic carbocycles. The third kappa shape index (κ3) is 5.29. The van der Waals surface area contributed by atoms with Crippen LogP contribution in [0.15, 0.2) is 42.6 Å². The Balaban J connectivity index is 2.12. The van der Waals surface area contributed by atoms with E-state index in [-0.39, 0.29) is 5.75 Å². The van der Waals surface area contributed by atoms with Crippen molar-refractivity contribution < 1.29 is 17.9 Å². The molecule has 1 heterocycles. The number of para-hydroxylation sites is 1. The average Bonchev–Trinajstić information content (AvgIpc) is 2.51. The number of rotatable bonds is 6. The van der Waals surface area contributed by atoms with E-state index in [1.807, 2.05) is 6.07 Å². The molecule has 0 bridgehead atoms. The number of alkyl halides is 3. The number of hydrogen-bond donors (Lipinski definition) is 0. The molecule has 0 atom stereocenters. The molecule has 3 nitrogen and oxygen atoms in total. The van der Waals surface area contributed by atoms with Gasteiger partial charge in [0.15, 0.2) is 0 Å². The summed E-state index contributed by atoms with van der Waals surface area (Å²) in [5.74, 6) is -0.269. The summed E-state index contributed by atoms with van der Waals surface area (Å²) in [6.07, 6.45) is -0.0882. The van der Waals surface area contributed by atoms with Gasteiger partial charge in [-0.3, -0.25) is 4.98 Å². The van der Waals surface area contributed by atoms with Crippen molar-refractivity contribution in [1.29, 1.82) is 5.26 Å². The first kappa shape index (κ1) is 16.8. The van der Waals surface area contributed by atoms with E-state index < -0.39 is 6.36 Å². The highest BCUT2D eigenvalue weighted by atomic mass is 19.4. The summed E-state index contributed by atoms with van der Waals surface area (Å²) in [5.41, 5.74) is 1.70. The Bertz CT molecular complexity index is 675. The largest absolute Gasteiger partial charge is 0.573 e. The van der Waals surface area contributed by atoms with Crippen LogP contribution in [0.3, 0.4) is 0 Å². The minimum atomic E-state index is -4.74. The van der Waals surface area contributed by atoms with Gasteiger partial charge >= 0.3 is 6.36 Å². The number of nitrogens with zero attached hydrogens (tertiary/aromatic N) is 2. The summed E-state index contributed by atoms with van der Waals surface area (Å²) in [6.45, 7) is 0. The summed E-state index contributed by atoms with van der Waals surface area (Å²) in [5, 5.41) is 8.48. The lowest BCUT2D eigenvalue weighted by atomic mass is 10.1. The van der Waals surface area contributed by atoms with E-state index in [2.05, 4.69) is 15.8 Å². The van der Waals surface area contributed by atoms with Crippen LogP contribution in [0.4, 0.5) is 13.2 Å². The van der Waals surface area contributed by atoms with Gasteiger partial charge in [-0.25, -0.2) is 0 Å². The molecule has 0 N–H and O–H groups in total. The van der Waals surface area contributed by atoms with E-state index in [0.717, 1.165) is 24.8 Å². The maximum absolute atomic E-state index is 12.4. The van der Waals surface area contributed by atoms with Gasteiger partial charge in [-0.15, -0.1) is 13.2 Å². The average molecular weight is 320 g/mol. The fourth-order valence-corrected chi connectivity index (χ4v) is 2.16. The van der Waals surface area contributed by atoms with Crippen molar-refractivity contribution in [2.75, 3.05) is 0 Å². The zero-order valence-electron chi connectivity index (χ0n) is 12.3. The van der Waals surface area contributed by atoms with Crippen LogP contribution in [0.2, 0.25) is 0 Å². The molecular formula is C17H15F3N2O. The minimum Gasteiger partial charge on any atom is -0.405 e. The van der Waals surface area contributed by atoms with Gasteiger partial charge in [0.05, 0.1) is 11.8 Å². The molecule has 0 unspecified atom stereocenters. The molecule has 1 aromatic heterocycles. The van der Waals surface area contributed by atoms with Gasteiger partial charge in [-0.2, -0.15) is 5.26 Å². The summed E-state index contributed by atoms with van der Waals surface area (Å²) in [4.78, 5) is 4.23. The SMILES string of the molecule is N#CCCCCc1ccc(-c2ccccc2OC(F)(F)F)nc1. The second-order valence-electron chi connectivity index (χ2n) is 4.96. The van der Waals surface area contributed by atoms with Crippen molar-refractivity contribution in [3.8, 4) is 23.1 Å². The van der Waals surface area contributed by atoms with Crippen LogP contribution in [0.1, 0.15) is 24.8 Å². The van der Waals surface area contributed by atoms with E-state index >= 15 is 0 Å². The molecule has 0 amide bonds. The smallest absolute Gasteiger partial charge is 0.405 e. The fourth-order valence-electron chi connectivity index (χ4n) is 2.16. The molecule has 0 spiro atoms. The van der Waals surface area contributed by atoms with Crippen LogP contribution in [0, 0.1) is 11.3 Å². The predicted octanol–water partition coefficient (Wildman–Crippen LogP) is 4.88. The minimum absolute atomic E-state index is 0.269. The van der Waals surface area contributed by atoms with Crippen LogP contribution < -0.4 is 4.74 Å². The predicted molar refractivity (Wildman–Crippen MR) is 79.5 cm³/mol. The zero-order valence-corrected chi connectivity index (χ0v) is 12.3. The van der Waals surface area contributed by atoms with Gasteiger partial charge in [-0.1, -0.05) is 18.2 Å². The maximum atomic E-state index is 12.4. The lowest BCUT2D eigenvalue weighted by Crippen LogP contribution is -2.17. The molecule has 0 saturated carbocycles. The summed E-state index contributed by atoms with van der Waals surface area (Å²) < 4.78 is 41.4. The first-order valence-electron chi connectivity index (χ1n) is 7.16. The number of benzene rings is 1. The third-order valence-electron chi connectivity index (χ3n) is 3.22. The Hall–Kier alpha value is -2.55. The molecule has 120 valence electrons. The molecule has 2 rings (SSSR count). The van der Waals surface area contributed by atoms with Gasteiger partial charge in [0.1, 0.15) is 5.75 Å². The van der Waals surface area contributed by atoms with Crippen molar-refractivity contribution in [3.63, 3.8) is 0 Å². The number of nitriles is 1. The van der Waals surface area contributed by atoms with Crippen LogP contribution in [-0.4, -0.2) is 11.3 Å². The molecule has 1 aromatic carbocycles. The normalized spacial score (nSPS) is 11.0. The first-order valence-corrected chi connectivity index (χ1v) is 7.16. The van der Waals surface area contributed by atoms with Crippen molar-refractivity contribution in [1.82, 2.24) is 4.98 Å². The highest BCUT2D eigenvalue weighted by Crippen LogP contribution is 2.32. The Labute approximate surface area is 132 Å². The fraction of sp³-hybridized carbons (Fsp3) is 0.294. The van der Waals surface area contributed by atoms with Crippen molar-refractivity contribution >= 4 is 0 Å². The van der Waals surface area contributed by atoms with Crippen LogP contribution >= 0.6 is 0 Å². The number of aryl methyl sites for hydroxylation is 1. The summed E-state index contributed by atoms with van der Waals surface area (Å²) in [6, 6.07) is 11.5. The lowest BCUT2D eigenvalue weighted by Gasteiger charge is -2.13. The van der Waals surface area contributed by atoms with Crippen LogP contribution in [0.5, 0.6) is 5.75 Å². The van der Waals surface area contributed by atoms with Crippen molar-refractivity contribution in [2.24, 2.45) is 0 Å². The number of ether oxygens (including phenoxy) is 1. The molecule has 0 aliphatic rings. The van der Waals surface area contributed by atoms with Gasteiger partial charge in [0.25, 0.3) is 0 Å².